The van der Waals surface area contributed by atoms with Crippen LogP contribution in [0.1, 0.15) is 19.4 Å². The summed E-state index contributed by atoms with van der Waals surface area (Å²) in [6.45, 7) is 3.53. The Labute approximate surface area is 181 Å². The lowest BCUT2D eigenvalue weighted by atomic mass is 10.1. The molecule has 0 spiro atoms. The molecule has 2 heterocycles. The summed E-state index contributed by atoms with van der Waals surface area (Å²) in [6, 6.07) is 10.8. The van der Waals surface area contributed by atoms with Crippen LogP contribution < -0.4 is 11.1 Å². The minimum Gasteiger partial charge on any atom is -0.382 e. The van der Waals surface area contributed by atoms with Gasteiger partial charge in [-0.05, 0) is 44.2 Å². The quantitative estimate of drug-likeness (QED) is 0.451. The van der Waals surface area contributed by atoms with Crippen molar-refractivity contribution in [1.82, 2.24) is 14.7 Å². The summed E-state index contributed by atoms with van der Waals surface area (Å²) in [7, 11) is 0. The van der Waals surface area contributed by atoms with E-state index in [2.05, 4.69) is 15.5 Å². The summed E-state index contributed by atoms with van der Waals surface area (Å²) in [5, 5.41) is 7.52. The van der Waals surface area contributed by atoms with Crippen LogP contribution in [0.25, 0.3) is 33.7 Å². The highest BCUT2D eigenvalue weighted by Gasteiger charge is 2.34. The van der Waals surface area contributed by atoms with Gasteiger partial charge >= 0.3 is 6.18 Å². The molecular formula is C22H20F3N5O2. The molecule has 0 unspecified atom stereocenters. The second kappa shape index (κ2) is 8.03. The van der Waals surface area contributed by atoms with Gasteiger partial charge in [0.25, 0.3) is 5.89 Å². The van der Waals surface area contributed by atoms with Crippen LogP contribution in [-0.4, -0.2) is 26.7 Å². The maximum Gasteiger partial charge on any atom is 0.418 e. The Morgan fingerprint density at radius 1 is 1.22 bits per heavy atom. The van der Waals surface area contributed by atoms with Crippen molar-refractivity contribution in [3.05, 3.63) is 54.2 Å². The normalized spacial score (nSPS) is 11.9. The number of halogens is 3. The molecule has 0 aliphatic heterocycles. The van der Waals surface area contributed by atoms with Crippen molar-refractivity contribution < 1.29 is 22.5 Å². The van der Waals surface area contributed by atoms with Gasteiger partial charge in [-0.15, -0.1) is 0 Å². The first-order chi connectivity index (χ1) is 15.1. The molecule has 32 heavy (non-hydrogen) atoms. The lowest BCUT2D eigenvalue weighted by Gasteiger charge is -2.17. The van der Waals surface area contributed by atoms with E-state index < -0.39 is 17.6 Å². The number of nitrogens with zero attached hydrogens (tertiary/aromatic N) is 3. The SMILES string of the molecule is CC(C)Nc1ccc(-c2nc(-c3cccc4c3ccn4CC(N)=O)no2)cc1C(F)(F)F. The van der Waals surface area contributed by atoms with Crippen LogP contribution in [0.15, 0.2) is 53.2 Å². The van der Waals surface area contributed by atoms with Crippen LogP contribution in [0.2, 0.25) is 0 Å². The average molecular weight is 443 g/mol. The van der Waals surface area contributed by atoms with E-state index in [4.69, 9.17) is 10.3 Å². The molecule has 0 saturated carbocycles. The summed E-state index contributed by atoms with van der Waals surface area (Å²) in [6.07, 6.45) is -2.83. The number of anilines is 1. The molecule has 0 fully saturated rings. The highest BCUT2D eigenvalue weighted by atomic mass is 19.4. The fraction of sp³-hybridized carbons (Fsp3) is 0.227. The lowest BCUT2D eigenvalue weighted by molar-refractivity contribution is -0.137. The number of nitrogens with two attached hydrogens (primary N) is 1. The molecule has 2 aromatic heterocycles. The molecule has 0 radical (unpaired) electrons. The van der Waals surface area contributed by atoms with Crippen molar-refractivity contribution >= 4 is 22.5 Å². The first-order valence-corrected chi connectivity index (χ1v) is 9.82. The minimum absolute atomic E-state index is 0.0153. The fourth-order valence-electron chi connectivity index (χ4n) is 3.52. The first kappa shape index (κ1) is 21.4. The lowest BCUT2D eigenvalue weighted by Crippen LogP contribution is -2.17. The summed E-state index contributed by atoms with van der Waals surface area (Å²) in [4.78, 5) is 15.6. The highest BCUT2D eigenvalue weighted by molar-refractivity contribution is 5.94. The van der Waals surface area contributed by atoms with Gasteiger partial charge in [0, 0.05) is 40.0 Å². The Balaban J connectivity index is 1.73. The Kier molecular flexibility index (Phi) is 5.37. The van der Waals surface area contributed by atoms with Crippen LogP contribution in [-0.2, 0) is 17.5 Å². The van der Waals surface area contributed by atoms with Gasteiger partial charge in [0.15, 0.2) is 0 Å². The molecule has 3 N–H and O–H groups in total. The Bertz CT molecular complexity index is 1290. The van der Waals surface area contributed by atoms with E-state index in [-0.39, 0.29) is 35.6 Å². The molecule has 4 aromatic rings. The first-order valence-electron chi connectivity index (χ1n) is 9.82. The van der Waals surface area contributed by atoms with Crippen LogP contribution >= 0.6 is 0 Å². The smallest absolute Gasteiger partial charge is 0.382 e. The molecule has 1 amide bonds. The predicted octanol–water partition coefficient (Wildman–Crippen LogP) is 4.68. The maximum atomic E-state index is 13.6. The van der Waals surface area contributed by atoms with E-state index in [1.54, 1.807) is 42.8 Å². The van der Waals surface area contributed by atoms with E-state index >= 15 is 0 Å². The van der Waals surface area contributed by atoms with E-state index in [0.29, 0.717) is 5.56 Å². The van der Waals surface area contributed by atoms with Crippen LogP contribution in [0.5, 0.6) is 0 Å². The molecule has 0 saturated heterocycles. The molecule has 4 rings (SSSR count). The molecule has 166 valence electrons. The van der Waals surface area contributed by atoms with Crippen molar-refractivity contribution in [1.29, 1.82) is 0 Å². The molecule has 0 aliphatic carbocycles. The number of primary amides is 1. The summed E-state index contributed by atoms with van der Waals surface area (Å²) >= 11 is 0. The van der Waals surface area contributed by atoms with Gasteiger partial charge in [0.05, 0.1) is 5.56 Å². The van der Waals surface area contributed by atoms with Gasteiger partial charge in [-0.3, -0.25) is 4.79 Å². The summed E-state index contributed by atoms with van der Waals surface area (Å²) in [5.74, 6) is -0.291. The molecular weight excluding hydrogens is 423 g/mol. The topological polar surface area (TPSA) is 99.0 Å². The Hall–Kier alpha value is -3.82. The second-order valence-electron chi connectivity index (χ2n) is 7.63. The maximum absolute atomic E-state index is 13.6. The third kappa shape index (κ3) is 4.16. The van der Waals surface area contributed by atoms with Gasteiger partial charge in [-0.2, -0.15) is 18.2 Å². The number of alkyl halides is 3. The van der Waals surface area contributed by atoms with Crippen molar-refractivity contribution in [2.24, 2.45) is 5.73 Å². The second-order valence-corrected chi connectivity index (χ2v) is 7.63. The standard InChI is InChI=1S/C22H20F3N5O2/c1-12(2)27-17-7-6-13(10-16(17)22(23,24)25)21-28-20(29-32-21)15-4-3-5-18-14(15)8-9-30(18)11-19(26)31/h3-10,12,27H,11H2,1-2H3,(H2,26,31). The molecule has 2 aromatic carbocycles. The van der Waals surface area contributed by atoms with Crippen molar-refractivity contribution in [2.75, 3.05) is 5.32 Å². The van der Waals surface area contributed by atoms with Crippen molar-refractivity contribution in [3.8, 4) is 22.8 Å². The van der Waals surface area contributed by atoms with Crippen molar-refractivity contribution in [3.63, 3.8) is 0 Å². The van der Waals surface area contributed by atoms with Gasteiger partial charge in [0.1, 0.15) is 6.54 Å². The number of amides is 1. The van der Waals surface area contributed by atoms with E-state index in [1.165, 1.54) is 12.1 Å². The monoisotopic (exact) mass is 443 g/mol. The highest BCUT2D eigenvalue weighted by Crippen LogP contribution is 2.38. The number of hydrogen-bond acceptors (Lipinski definition) is 5. The fourth-order valence-corrected chi connectivity index (χ4v) is 3.52. The molecule has 7 nitrogen and oxygen atoms in total. The number of hydrogen-bond donors (Lipinski definition) is 2. The van der Waals surface area contributed by atoms with Gasteiger partial charge in [0.2, 0.25) is 11.7 Å². The predicted molar refractivity (Wildman–Crippen MR) is 114 cm³/mol. The minimum atomic E-state index is -4.55. The number of benzene rings is 2. The number of fused-ring (bicyclic) bond motifs is 1. The summed E-state index contributed by atoms with van der Waals surface area (Å²) < 4.78 is 47.7. The van der Waals surface area contributed by atoms with E-state index in [0.717, 1.165) is 17.0 Å². The number of carbonyl (C=O) groups excluding carboxylic acids is 1. The summed E-state index contributed by atoms with van der Waals surface area (Å²) in [5.41, 5.74) is 5.98. The molecule has 10 heteroatoms. The zero-order valence-electron chi connectivity index (χ0n) is 17.3. The van der Waals surface area contributed by atoms with Crippen molar-refractivity contribution in [2.45, 2.75) is 32.6 Å². The van der Waals surface area contributed by atoms with Crippen LogP contribution in [0, 0.1) is 0 Å². The molecule has 0 atom stereocenters. The molecule has 0 aliphatic rings. The van der Waals surface area contributed by atoms with Crippen LogP contribution in [0.3, 0.4) is 0 Å². The van der Waals surface area contributed by atoms with E-state index in [9.17, 15) is 18.0 Å². The Morgan fingerprint density at radius 3 is 2.69 bits per heavy atom. The van der Waals surface area contributed by atoms with Gasteiger partial charge in [-0.1, -0.05) is 17.3 Å². The Morgan fingerprint density at radius 2 is 2.00 bits per heavy atom. The van der Waals surface area contributed by atoms with Gasteiger partial charge in [-0.25, -0.2) is 0 Å². The number of nitrogens with one attached hydrogen (secondary N) is 1. The largest absolute Gasteiger partial charge is 0.418 e. The number of rotatable bonds is 6. The number of carbonyl (C=O) groups is 1. The average Bonchev–Trinajstić information content (AvgIpc) is 3.34. The van der Waals surface area contributed by atoms with Gasteiger partial charge < -0.3 is 20.1 Å². The number of aromatic nitrogens is 3. The van der Waals surface area contributed by atoms with E-state index in [1.807, 2.05) is 6.07 Å². The van der Waals surface area contributed by atoms with Crippen LogP contribution in [0.4, 0.5) is 18.9 Å². The molecule has 0 bridgehead atoms. The third-order valence-electron chi connectivity index (χ3n) is 4.82. The zero-order valence-corrected chi connectivity index (χ0v) is 17.3. The zero-order chi connectivity index (χ0) is 23.0. The third-order valence-corrected chi connectivity index (χ3v) is 4.82.